The Bertz CT molecular complexity index is 2180. The van der Waals surface area contributed by atoms with E-state index in [4.69, 9.17) is 10.5 Å². The Hall–Kier alpha value is -6.29. The second-order valence-electron chi connectivity index (χ2n) is 14.1. The number of hydrogen-bond acceptors (Lipinski definition) is 7. The van der Waals surface area contributed by atoms with Crippen LogP contribution in [0.2, 0.25) is 0 Å². The summed E-state index contributed by atoms with van der Waals surface area (Å²) in [6.07, 6.45) is -0.956. The predicted octanol–water partition coefficient (Wildman–Crippen LogP) is 9.49. The van der Waals surface area contributed by atoms with Crippen molar-refractivity contribution in [1.82, 2.24) is 0 Å². The minimum atomic E-state index is -1.20. The first-order valence-corrected chi connectivity index (χ1v) is 19.2. The lowest BCUT2D eigenvalue weighted by atomic mass is 9.84. The Morgan fingerprint density at radius 2 is 1.09 bits per heavy atom. The Morgan fingerprint density at radius 3 is 1.55 bits per heavy atom. The molecule has 0 radical (unpaired) electrons. The van der Waals surface area contributed by atoms with Gasteiger partial charge in [-0.1, -0.05) is 140 Å². The van der Waals surface area contributed by atoms with Crippen molar-refractivity contribution in [3.05, 3.63) is 203 Å². The molecule has 8 nitrogen and oxygen atoms in total. The van der Waals surface area contributed by atoms with E-state index < -0.39 is 40.1 Å². The lowest BCUT2D eigenvalue weighted by Gasteiger charge is -2.36. The number of benzene rings is 6. The molecule has 6 aromatic carbocycles. The Labute approximate surface area is 331 Å². The van der Waals surface area contributed by atoms with Crippen molar-refractivity contribution in [2.24, 2.45) is 5.73 Å². The van der Waals surface area contributed by atoms with Gasteiger partial charge in [0.1, 0.15) is 5.60 Å². The van der Waals surface area contributed by atoms with Crippen molar-refractivity contribution < 1.29 is 23.9 Å². The number of anilines is 2. The van der Waals surface area contributed by atoms with Gasteiger partial charge in [0.15, 0.2) is 5.78 Å². The molecular weight excluding hydrogens is 719 g/mol. The number of ketones is 1. The van der Waals surface area contributed by atoms with Gasteiger partial charge in [0, 0.05) is 22.4 Å². The molecule has 56 heavy (non-hydrogen) atoms. The highest BCUT2D eigenvalue weighted by Crippen LogP contribution is 2.48. The summed E-state index contributed by atoms with van der Waals surface area (Å²) < 4.78 is 4.99. The monoisotopic (exact) mass is 761 g/mol. The molecule has 1 atom stereocenters. The number of carbonyl (C=O) groups excluding carboxylic acids is 4. The maximum absolute atomic E-state index is 14.6. The van der Waals surface area contributed by atoms with Crippen molar-refractivity contribution in [2.75, 3.05) is 16.0 Å². The maximum Gasteiger partial charge on any atom is 0.421 e. The number of nitrogens with zero attached hydrogens (tertiary/aromatic N) is 1. The van der Waals surface area contributed by atoms with Gasteiger partial charge >= 0.3 is 6.09 Å². The van der Waals surface area contributed by atoms with Crippen molar-refractivity contribution in [2.45, 2.75) is 37.2 Å². The van der Waals surface area contributed by atoms with Crippen LogP contribution >= 0.6 is 11.8 Å². The van der Waals surface area contributed by atoms with Gasteiger partial charge in [-0.05, 0) is 67.8 Å². The van der Waals surface area contributed by atoms with E-state index in [0.717, 1.165) is 21.6 Å². The molecule has 3 N–H and O–H groups in total. The number of nitrogens with two attached hydrogens (primary N) is 1. The van der Waals surface area contributed by atoms with E-state index in [-0.39, 0.29) is 22.7 Å². The number of ether oxygens (including phenoxy) is 1. The Kier molecular flexibility index (Phi) is 12.3. The summed E-state index contributed by atoms with van der Waals surface area (Å²) in [6, 6.07) is 50.4. The third-order valence-electron chi connectivity index (χ3n) is 8.96. The molecule has 0 saturated carbocycles. The number of nitrogens with one attached hydrogen (secondary N) is 1. The van der Waals surface area contributed by atoms with E-state index in [0.29, 0.717) is 11.1 Å². The molecule has 0 aromatic heterocycles. The SMILES string of the molecule is CC(C)(C)OC(=O)N(C(=O)C(N)CSC(c1ccccc1)(c1ccccc1)c1ccccc1)c1ccc(NC(=O)c2ccccc2)c(C(=O)c2ccccc2)c1. The standard InChI is InChI=1S/C47H43N3O5S/c1-46(2,3)55-45(54)50(38-29-30-41(49-43(52)34-21-11-5-12-22-34)39(31-38)42(51)33-19-9-4-10-20-33)44(53)40(48)32-56-47(35-23-13-6-14-24-35,36-25-15-7-16-26-36)37-27-17-8-18-28-37/h4-31,40H,32,48H2,1-3H3,(H,49,52). The Balaban J connectivity index is 1.40. The van der Waals surface area contributed by atoms with E-state index in [1.807, 2.05) is 54.6 Å². The quantitative estimate of drug-likeness (QED) is 0.0942. The van der Waals surface area contributed by atoms with Crippen LogP contribution in [0.25, 0.3) is 0 Å². The summed E-state index contributed by atoms with van der Waals surface area (Å²) in [5.41, 5.74) is 9.87. The fraction of sp³-hybridized carbons (Fsp3) is 0.149. The largest absolute Gasteiger partial charge is 0.443 e. The average Bonchev–Trinajstić information content (AvgIpc) is 3.22. The van der Waals surface area contributed by atoms with Crippen molar-refractivity contribution in [3.8, 4) is 0 Å². The second kappa shape index (κ2) is 17.5. The molecule has 1 unspecified atom stereocenters. The third kappa shape index (κ3) is 8.97. The molecule has 3 amide bonds. The molecule has 282 valence electrons. The van der Waals surface area contributed by atoms with Gasteiger partial charge in [-0.3, -0.25) is 14.4 Å². The van der Waals surface area contributed by atoms with Gasteiger partial charge < -0.3 is 15.8 Å². The van der Waals surface area contributed by atoms with Crippen molar-refractivity contribution >= 4 is 46.8 Å². The zero-order valence-corrected chi connectivity index (χ0v) is 32.2. The topological polar surface area (TPSA) is 119 Å². The lowest BCUT2D eigenvalue weighted by molar-refractivity contribution is -0.119. The van der Waals surface area contributed by atoms with E-state index in [1.165, 1.54) is 30.0 Å². The Morgan fingerprint density at radius 1 is 0.643 bits per heavy atom. The highest BCUT2D eigenvalue weighted by Gasteiger charge is 2.40. The molecule has 0 aliphatic heterocycles. The first-order chi connectivity index (χ1) is 27.0. The van der Waals surface area contributed by atoms with Crippen molar-refractivity contribution in [1.29, 1.82) is 0 Å². The normalized spacial score (nSPS) is 11.9. The molecule has 0 spiro atoms. The zero-order valence-electron chi connectivity index (χ0n) is 31.4. The van der Waals surface area contributed by atoms with Gasteiger partial charge in [0.25, 0.3) is 11.8 Å². The molecule has 6 rings (SSSR count). The number of rotatable bonds is 12. The fourth-order valence-corrected chi connectivity index (χ4v) is 7.83. The van der Waals surface area contributed by atoms with Crippen LogP contribution in [0.3, 0.4) is 0 Å². The van der Waals surface area contributed by atoms with Gasteiger partial charge in [0.05, 0.1) is 22.2 Å². The molecule has 6 aromatic rings. The van der Waals surface area contributed by atoms with Crippen LogP contribution in [0, 0.1) is 0 Å². The lowest BCUT2D eigenvalue weighted by Crippen LogP contribution is -2.50. The fourth-order valence-electron chi connectivity index (χ4n) is 6.35. The number of thioether (sulfide) groups is 1. The summed E-state index contributed by atoms with van der Waals surface area (Å²) in [5, 5.41) is 2.84. The molecule has 0 aliphatic carbocycles. The van der Waals surface area contributed by atoms with Gasteiger partial charge in [-0.2, -0.15) is 0 Å². The molecule has 9 heteroatoms. The van der Waals surface area contributed by atoms with E-state index in [2.05, 4.69) is 41.7 Å². The molecule has 0 fully saturated rings. The van der Waals surface area contributed by atoms with Crippen LogP contribution in [0.4, 0.5) is 16.2 Å². The number of imide groups is 1. The molecule has 0 bridgehead atoms. The van der Waals surface area contributed by atoms with Crippen LogP contribution in [0.1, 0.15) is 63.7 Å². The number of amides is 3. The van der Waals surface area contributed by atoms with Crippen LogP contribution in [-0.2, 0) is 14.3 Å². The number of carbonyl (C=O) groups is 4. The van der Waals surface area contributed by atoms with Gasteiger partial charge in [-0.15, -0.1) is 11.8 Å². The molecule has 0 heterocycles. The summed E-state index contributed by atoms with van der Waals surface area (Å²) >= 11 is 1.49. The van der Waals surface area contributed by atoms with Crippen LogP contribution in [-0.4, -0.2) is 41.1 Å². The summed E-state index contributed by atoms with van der Waals surface area (Å²) in [6.45, 7) is 5.09. The summed E-state index contributed by atoms with van der Waals surface area (Å²) in [4.78, 5) is 56.9. The first-order valence-electron chi connectivity index (χ1n) is 18.2. The summed E-state index contributed by atoms with van der Waals surface area (Å²) in [7, 11) is 0. The predicted molar refractivity (Wildman–Crippen MR) is 224 cm³/mol. The number of hydrogen-bond donors (Lipinski definition) is 2. The van der Waals surface area contributed by atoms with Crippen LogP contribution in [0.15, 0.2) is 170 Å². The van der Waals surface area contributed by atoms with E-state index >= 15 is 0 Å². The third-order valence-corrected chi connectivity index (χ3v) is 10.6. The maximum atomic E-state index is 14.6. The minimum absolute atomic E-state index is 0.0575. The van der Waals surface area contributed by atoms with Crippen molar-refractivity contribution in [3.63, 3.8) is 0 Å². The van der Waals surface area contributed by atoms with Gasteiger partial charge in [0.2, 0.25) is 0 Å². The smallest absolute Gasteiger partial charge is 0.421 e. The first kappa shape index (κ1) is 39.4. The molecule has 0 saturated heterocycles. The van der Waals surface area contributed by atoms with Crippen LogP contribution in [0.5, 0.6) is 0 Å². The van der Waals surface area contributed by atoms with Gasteiger partial charge in [-0.25, -0.2) is 9.69 Å². The van der Waals surface area contributed by atoms with Crippen LogP contribution < -0.4 is 16.0 Å². The minimum Gasteiger partial charge on any atom is -0.443 e. The average molecular weight is 762 g/mol. The second-order valence-corrected chi connectivity index (χ2v) is 15.3. The van der Waals surface area contributed by atoms with E-state index in [1.54, 1.807) is 81.4 Å². The molecule has 0 aliphatic rings. The summed E-state index contributed by atoms with van der Waals surface area (Å²) in [5.74, 6) is -1.49. The van der Waals surface area contributed by atoms with E-state index in [9.17, 15) is 19.2 Å². The zero-order chi connectivity index (χ0) is 39.7. The molecular formula is C47H43N3O5S. The highest BCUT2D eigenvalue weighted by molar-refractivity contribution is 8.00. The highest BCUT2D eigenvalue weighted by atomic mass is 32.2.